The number of nitrogens with zero attached hydrogens (tertiary/aromatic N) is 1. The second-order valence-corrected chi connectivity index (χ2v) is 8.52. The zero-order valence-electron chi connectivity index (χ0n) is 17.7. The Morgan fingerprint density at radius 2 is 1.70 bits per heavy atom. The summed E-state index contributed by atoms with van der Waals surface area (Å²) in [5, 5.41) is 10.4. The first-order valence-corrected chi connectivity index (χ1v) is 10.6. The van der Waals surface area contributed by atoms with Gasteiger partial charge in [-0.25, -0.2) is 0 Å². The first kappa shape index (κ1) is 22.4. The van der Waals surface area contributed by atoms with E-state index in [2.05, 4.69) is 66.4 Å². The van der Waals surface area contributed by atoms with Crippen molar-refractivity contribution in [1.29, 1.82) is 0 Å². The third kappa shape index (κ3) is 4.12. The van der Waals surface area contributed by atoms with E-state index in [9.17, 15) is 9.90 Å². The van der Waals surface area contributed by atoms with Gasteiger partial charge in [0.05, 0.1) is 0 Å². The number of aryl methyl sites for hydroxylation is 1. The van der Waals surface area contributed by atoms with Crippen molar-refractivity contribution >= 4 is 29.3 Å². The molecule has 0 spiro atoms. The van der Waals surface area contributed by atoms with Gasteiger partial charge in [0.15, 0.2) is 0 Å². The van der Waals surface area contributed by atoms with Gasteiger partial charge in [0.2, 0.25) is 0 Å². The molecule has 160 valence electrons. The Bertz CT molecular complexity index is 989. The summed E-state index contributed by atoms with van der Waals surface area (Å²) in [5.74, 6) is -0.288. The SMILES string of the molecule is CN(C)C1(c2ccccc2)CCC(c2[nH]c3ccccc3c2CCC(=O)O)CC1.Cl. The molecule has 1 heterocycles. The molecule has 0 aliphatic heterocycles. The van der Waals surface area contributed by atoms with Crippen LogP contribution in [0.3, 0.4) is 0 Å². The van der Waals surface area contributed by atoms with Gasteiger partial charge in [0, 0.05) is 28.6 Å². The highest BCUT2D eigenvalue weighted by molar-refractivity contribution is 5.86. The maximum absolute atomic E-state index is 11.2. The molecular formula is C25H31ClN2O2. The third-order valence-corrected chi connectivity index (χ3v) is 6.82. The molecule has 0 radical (unpaired) electrons. The maximum Gasteiger partial charge on any atom is 0.303 e. The quantitative estimate of drug-likeness (QED) is 0.529. The Labute approximate surface area is 184 Å². The van der Waals surface area contributed by atoms with Gasteiger partial charge in [-0.15, -0.1) is 12.4 Å². The van der Waals surface area contributed by atoms with Gasteiger partial charge in [-0.05, 0) is 69.3 Å². The second kappa shape index (κ2) is 9.23. The molecule has 1 aromatic heterocycles. The monoisotopic (exact) mass is 426 g/mol. The molecule has 1 aliphatic carbocycles. The molecule has 2 N–H and O–H groups in total. The standard InChI is InChI=1S/C25H30N2O2.ClH/c1-27(2)25(19-8-4-3-5-9-19)16-14-18(15-17-25)24-21(12-13-23(28)29)20-10-6-7-11-22(20)26-24;/h3-11,18,26H,12-17H2,1-2H3,(H,28,29);1H. The molecule has 30 heavy (non-hydrogen) atoms. The van der Waals surface area contributed by atoms with Crippen LogP contribution in [-0.4, -0.2) is 35.1 Å². The zero-order chi connectivity index (χ0) is 20.4. The summed E-state index contributed by atoms with van der Waals surface area (Å²) in [4.78, 5) is 17.3. The van der Waals surface area contributed by atoms with Gasteiger partial charge in [0.1, 0.15) is 0 Å². The molecule has 0 atom stereocenters. The number of carboxylic acid groups (broad SMARTS) is 1. The molecule has 0 saturated heterocycles. The number of rotatable bonds is 6. The van der Waals surface area contributed by atoms with Crippen LogP contribution in [0, 0.1) is 0 Å². The molecule has 4 rings (SSSR count). The number of aromatic nitrogens is 1. The Balaban J connectivity index is 0.00000256. The van der Waals surface area contributed by atoms with Crippen LogP contribution >= 0.6 is 12.4 Å². The fourth-order valence-electron chi connectivity index (χ4n) is 5.20. The third-order valence-electron chi connectivity index (χ3n) is 6.82. The average molecular weight is 427 g/mol. The van der Waals surface area contributed by atoms with Crippen LogP contribution in [0.5, 0.6) is 0 Å². The molecule has 0 bridgehead atoms. The molecule has 3 aromatic rings. The number of para-hydroxylation sites is 1. The van der Waals surface area contributed by atoms with E-state index < -0.39 is 5.97 Å². The fraction of sp³-hybridized carbons (Fsp3) is 0.400. The van der Waals surface area contributed by atoms with Crippen LogP contribution in [0.25, 0.3) is 10.9 Å². The summed E-state index contributed by atoms with van der Waals surface area (Å²) in [6, 6.07) is 19.1. The number of fused-ring (bicyclic) bond motifs is 1. The molecule has 2 aromatic carbocycles. The Hall–Kier alpha value is -2.30. The number of carboxylic acids is 1. The number of H-pyrrole nitrogens is 1. The van der Waals surface area contributed by atoms with Gasteiger partial charge in [-0.2, -0.15) is 0 Å². The summed E-state index contributed by atoms with van der Waals surface area (Å²) >= 11 is 0. The Kier molecular flexibility index (Phi) is 6.89. The number of nitrogens with one attached hydrogen (secondary N) is 1. The maximum atomic E-state index is 11.2. The normalized spacial score (nSPS) is 21.5. The van der Waals surface area contributed by atoms with E-state index in [1.54, 1.807) is 0 Å². The molecule has 1 saturated carbocycles. The second-order valence-electron chi connectivity index (χ2n) is 8.52. The summed E-state index contributed by atoms with van der Waals surface area (Å²) in [5.41, 5.74) is 5.05. The molecule has 4 nitrogen and oxygen atoms in total. The van der Waals surface area contributed by atoms with E-state index in [1.807, 2.05) is 12.1 Å². The minimum atomic E-state index is -0.736. The van der Waals surface area contributed by atoms with Gasteiger partial charge < -0.3 is 10.1 Å². The highest BCUT2D eigenvalue weighted by Crippen LogP contribution is 2.47. The minimum Gasteiger partial charge on any atom is -0.481 e. The van der Waals surface area contributed by atoms with E-state index in [1.165, 1.54) is 22.2 Å². The number of carbonyl (C=O) groups is 1. The average Bonchev–Trinajstić information content (AvgIpc) is 3.11. The summed E-state index contributed by atoms with van der Waals surface area (Å²) in [6.45, 7) is 0. The van der Waals surface area contributed by atoms with Crippen LogP contribution in [-0.2, 0) is 16.8 Å². The lowest BCUT2D eigenvalue weighted by atomic mass is 9.70. The number of benzene rings is 2. The zero-order valence-corrected chi connectivity index (χ0v) is 18.5. The first-order valence-electron chi connectivity index (χ1n) is 10.6. The van der Waals surface area contributed by atoms with Gasteiger partial charge in [0.25, 0.3) is 0 Å². The van der Waals surface area contributed by atoms with E-state index in [0.717, 1.165) is 31.2 Å². The van der Waals surface area contributed by atoms with E-state index >= 15 is 0 Å². The number of hydrogen-bond acceptors (Lipinski definition) is 2. The number of hydrogen-bond donors (Lipinski definition) is 2. The Morgan fingerprint density at radius 1 is 1.07 bits per heavy atom. The van der Waals surface area contributed by atoms with Crippen LogP contribution in [0.2, 0.25) is 0 Å². The fourth-order valence-corrected chi connectivity index (χ4v) is 5.20. The molecule has 5 heteroatoms. The number of aliphatic carboxylic acids is 1. The van der Waals surface area contributed by atoms with Crippen molar-refractivity contribution in [3.8, 4) is 0 Å². The van der Waals surface area contributed by atoms with Crippen LogP contribution in [0.15, 0.2) is 54.6 Å². The number of aromatic amines is 1. The van der Waals surface area contributed by atoms with Crippen molar-refractivity contribution in [3.63, 3.8) is 0 Å². The predicted octanol–water partition coefficient (Wildman–Crippen LogP) is 5.72. The lowest BCUT2D eigenvalue weighted by Gasteiger charge is -2.45. The van der Waals surface area contributed by atoms with Crippen molar-refractivity contribution < 1.29 is 9.90 Å². The first-order chi connectivity index (χ1) is 14.0. The van der Waals surface area contributed by atoms with Crippen molar-refractivity contribution in [2.45, 2.75) is 50.0 Å². The summed E-state index contributed by atoms with van der Waals surface area (Å²) in [6.07, 6.45) is 5.15. The van der Waals surface area contributed by atoms with Crippen LogP contribution in [0.4, 0.5) is 0 Å². The van der Waals surface area contributed by atoms with Crippen molar-refractivity contribution in [1.82, 2.24) is 9.88 Å². The molecule has 1 fully saturated rings. The van der Waals surface area contributed by atoms with E-state index in [0.29, 0.717) is 12.3 Å². The smallest absolute Gasteiger partial charge is 0.303 e. The molecule has 1 aliphatic rings. The van der Waals surface area contributed by atoms with Crippen LogP contribution in [0.1, 0.15) is 54.8 Å². The lowest BCUT2D eigenvalue weighted by Crippen LogP contribution is -2.44. The van der Waals surface area contributed by atoms with E-state index in [4.69, 9.17) is 0 Å². The summed E-state index contributed by atoms with van der Waals surface area (Å²) in [7, 11) is 4.38. The minimum absolute atomic E-state index is 0. The Morgan fingerprint density at radius 3 is 2.33 bits per heavy atom. The molecule has 0 unspecified atom stereocenters. The van der Waals surface area contributed by atoms with E-state index in [-0.39, 0.29) is 24.4 Å². The van der Waals surface area contributed by atoms with Crippen molar-refractivity contribution in [2.24, 2.45) is 0 Å². The van der Waals surface area contributed by atoms with Gasteiger partial charge >= 0.3 is 5.97 Å². The highest BCUT2D eigenvalue weighted by atomic mass is 35.5. The largest absolute Gasteiger partial charge is 0.481 e. The molecule has 0 amide bonds. The highest BCUT2D eigenvalue weighted by Gasteiger charge is 2.39. The lowest BCUT2D eigenvalue weighted by molar-refractivity contribution is -0.136. The van der Waals surface area contributed by atoms with Crippen LogP contribution < -0.4 is 0 Å². The topological polar surface area (TPSA) is 56.3 Å². The van der Waals surface area contributed by atoms with Gasteiger partial charge in [-0.1, -0.05) is 48.5 Å². The predicted molar refractivity (Wildman–Crippen MR) is 125 cm³/mol. The van der Waals surface area contributed by atoms with Gasteiger partial charge in [-0.3, -0.25) is 9.69 Å². The number of halogens is 1. The molecular weight excluding hydrogens is 396 g/mol. The summed E-state index contributed by atoms with van der Waals surface area (Å²) < 4.78 is 0. The van der Waals surface area contributed by atoms with Crippen molar-refractivity contribution in [2.75, 3.05) is 14.1 Å². The van der Waals surface area contributed by atoms with Crippen molar-refractivity contribution in [3.05, 3.63) is 71.4 Å².